The second kappa shape index (κ2) is 20.1. The predicted octanol–water partition coefficient (Wildman–Crippen LogP) is 2.20. The molecule has 0 unspecified atom stereocenters. The third-order valence-corrected chi connectivity index (χ3v) is 6.29. The molecule has 0 saturated carbocycles. The zero-order valence-electron chi connectivity index (χ0n) is 20.7. The van der Waals surface area contributed by atoms with Crippen molar-refractivity contribution in [1.29, 1.82) is 0 Å². The standard InChI is InChI=1S/2C10H24N.C3H4O4/c2*1-5-9-10-11(6-2,7-3)8-4;4-2(5)1-3(6)7/h2*5-10H2,1-4H3;1H2,(H,4,5)(H,6,7)/q2*+1;/p-2. The van der Waals surface area contributed by atoms with Crippen LogP contribution < -0.4 is 10.2 Å². The smallest absolute Gasteiger partial charge is 0.0786 e. The minimum Gasteiger partial charge on any atom is -0.550 e. The van der Waals surface area contributed by atoms with Crippen molar-refractivity contribution in [2.75, 3.05) is 52.4 Å². The molecule has 6 heteroatoms. The molecule has 176 valence electrons. The number of hydrogen-bond donors (Lipinski definition) is 0. The number of aliphatic carboxylic acids is 2. The molecule has 0 aromatic rings. The molecule has 0 saturated heterocycles. The number of carboxylic acids is 2. The number of quaternary nitrogens is 2. The zero-order valence-corrected chi connectivity index (χ0v) is 20.7. The van der Waals surface area contributed by atoms with Crippen molar-refractivity contribution in [3.05, 3.63) is 0 Å². The number of rotatable bonds is 14. The van der Waals surface area contributed by atoms with Crippen LogP contribution in [0.25, 0.3) is 0 Å². The van der Waals surface area contributed by atoms with Crippen LogP contribution in [-0.4, -0.2) is 73.3 Å². The zero-order chi connectivity index (χ0) is 23.3. The molecule has 0 rings (SSSR count). The molecule has 0 aliphatic carbocycles. The summed E-state index contributed by atoms with van der Waals surface area (Å²) in [5, 5.41) is 18.6. The van der Waals surface area contributed by atoms with E-state index in [-0.39, 0.29) is 0 Å². The largest absolute Gasteiger partial charge is 0.550 e. The third-order valence-electron chi connectivity index (χ3n) is 6.29. The Morgan fingerprint density at radius 3 is 0.897 bits per heavy atom. The van der Waals surface area contributed by atoms with Crippen LogP contribution in [-0.2, 0) is 9.59 Å². The van der Waals surface area contributed by atoms with Crippen molar-refractivity contribution in [2.45, 2.75) is 87.5 Å². The van der Waals surface area contributed by atoms with Crippen LogP contribution in [0.1, 0.15) is 87.5 Å². The predicted molar refractivity (Wildman–Crippen MR) is 118 cm³/mol. The number of carboxylic acid groups (broad SMARTS) is 2. The molecule has 0 heterocycles. The highest BCUT2D eigenvalue weighted by atomic mass is 16.4. The Morgan fingerprint density at radius 1 is 0.552 bits per heavy atom. The van der Waals surface area contributed by atoms with Gasteiger partial charge in [0.25, 0.3) is 0 Å². The van der Waals surface area contributed by atoms with Crippen molar-refractivity contribution in [2.24, 2.45) is 0 Å². The van der Waals surface area contributed by atoms with E-state index in [1.165, 1.54) is 87.0 Å². The lowest BCUT2D eigenvalue weighted by Gasteiger charge is -2.35. The molecule has 0 aromatic carbocycles. The summed E-state index contributed by atoms with van der Waals surface area (Å²) < 4.78 is 2.63. The van der Waals surface area contributed by atoms with Crippen LogP contribution in [0.5, 0.6) is 0 Å². The summed E-state index contributed by atoms with van der Waals surface area (Å²) in [6.45, 7) is 28.9. The molecule has 0 amide bonds. The maximum atomic E-state index is 9.28. The molecule has 6 nitrogen and oxygen atoms in total. The van der Waals surface area contributed by atoms with Gasteiger partial charge in [-0.2, -0.15) is 0 Å². The fourth-order valence-electron chi connectivity index (χ4n) is 3.40. The Balaban J connectivity index is -0.000000360. The highest BCUT2D eigenvalue weighted by Gasteiger charge is 2.19. The highest BCUT2D eigenvalue weighted by molar-refractivity contribution is 5.86. The molecule has 0 aromatic heterocycles. The Hall–Kier alpha value is -1.14. The van der Waals surface area contributed by atoms with E-state index in [0.29, 0.717) is 0 Å². The molecule has 0 spiro atoms. The van der Waals surface area contributed by atoms with Crippen LogP contribution in [0.15, 0.2) is 0 Å². The molecular weight excluding hydrogens is 368 g/mol. The van der Waals surface area contributed by atoms with Crippen LogP contribution in [0.2, 0.25) is 0 Å². The van der Waals surface area contributed by atoms with E-state index >= 15 is 0 Å². The van der Waals surface area contributed by atoms with Crippen molar-refractivity contribution >= 4 is 11.9 Å². The molecule has 0 radical (unpaired) electrons. The summed E-state index contributed by atoms with van der Waals surface area (Å²) in [4.78, 5) is 18.6. The van der Waals surface area contributed by atoms with Crippen molar-refractivity contribution in [3.8, 4) is 0 Å². The van der Waals surface area contributed by atoms with Crippen LogP contribution in [0.4, 0.5) is 0 Å². The lowest BCUT2D eigenvalue weighted by Crippen LogP contribution is -2.48. The van der Waals surface area contributed by atoms with Gasteiger partial charge in [-0.05, 0) is 54.4 Å². The van der Waals surface area contributed by atoms with Gasteiger partial charge in [0.1, 0.15) is 0 Å². The summed E-state index contributed by atoms with van der Waals surface area (Å²) in [5.41, 5.74) is 0. The molecule has 0 aliphatic heterocycles. The van der Waals surface area contributed by atoms with E-state index in [0.717, 1.165) is 0 Å². The van der Waals surface area contributed by atoms with E-state index in [9.17, 15) is 19.8 Å². The highest BCUT2D eigenvalue weighted by Crippen LogP contribution is 2.08. The molecule has 0 atom stereocenters. The van der Waals surface area contributed by atoms with Gasteiger partial charge in [-0.3, -0.25) is 0 Å². The molecule has 0 N–H and O–H groups in total. The van der Waals surface area contributed by atoms with Gasteiger partial charge >= 0.3 is 0 Å². The molecule has 29 heavy (non-hydrogen) atoms. The van der Waals surface area contributed by atoms with E-state index in [1.54, 1.807) is 0 Å². The lowest BCUT2D eigenvalue weighted by atomic mass is 10.2. The van der Waals surface area contributed by atoms with Gasteiger partial charge in [-0.15, -0.1) is 0 Å². The first kappa shape index (κ1) is 32.5. The van der Waals surface area contributed by atoms with Crippen LogP contribution in [0, 0.1) is 0 Å². The van der Waals surface area contributed by atoms with Crippen molar-refractivity contribution in [3.63, 3.8) is 0 Å². The first-order valence-corrected chi connectivity index (χ1v) is 11.7. The minimum absolute atomic E-state index is 1.03. The van der Waals surface area contributed by atoms with Crippen molar-refractivity contribution < 1.29 is 28.8 Å². The number of hydrogen-bond acceptors (Lipinski definition) is 4. The van der Waals surface area contributed by atoms with Gasteiger partial charge in [0, 0.05) is 18.4 Å². The normalized spacial score (nSPS) is 11.0. The van der Waals surface area contributed by atoms with Gasteiger partial charge in [0.15, 0.2) is 0 Å². The van der Waals surface area contributed by atoms with Gasteiger partial charge in [-0.25, -0.2) is 0 Å². The molecule has 0 fully saturated rings. The Morgan fingerprint density at radius 2 is 0.793 bits per heavy atom. The first-order chi connectivity index (χ1) is 13.6. The second-order valence-electron chi connectivity index (χ2n) is 7.66. The van der Waals surface area contributed by atoms with Gasteiger partial charge < -0.3 is 28.8 Å². The van der Waals surface area contributed by atoms with Gasteiger partial charge in [-0.1, -0.05) is 26.7 Å². The molecule has 0 aliphatic rings. The number of unbranched alkanes of at least 4 members (excludes halogenated alkanes) is 2. The minimum atomic E-state index is -1.63. The SMILES string of the molecule is CCCC[N+](CC)(CC)CC.CCCC[N+](CC)(CC)CC.O=C([O-])CC(=O)[O-]. The van der Waals surface area contributed by atoms with E-state index in [2.05, 4.69) is 55.4 Å². The maximum absolute atomic E-state index is 9.28. The monoisotopic (exact) mass is 418 g/mol. The van der Waals surface area contributed by atoms with Gasteiger partial charge in [0.2, 0.25) is 0 Å². The summed E-state index contributed by atoms with van der Waals surface area (Å²) in [6.07, 6.45) is 4.41. The van der Waals surface area contributed by atoms with E-state index < -0.39 is 18.4 Å². The fraction of sp³-hybridized carbons (Fsp3) is 0.913. The Labute approximate surface area is 181 Å². The molecule has 0 bridgehead atoms. The fourth-order valence-corrected chi connectivity index (χ4v) is 3.40. The van der Waals surface area contributed by atoms with Crippen LogP contribution >= 0.6 is 0 Å². The molecular formula is C23H50N2O4. The second-order valence-corrected chi connectivity index (χ2v) is 7.66. The number of nitrogens with zero attached hydrogens (tertiary/aromatic N) is 2. The van der Waals surface area contributed by atoms with Crippen LogP contribution in [0.3, 0.4) is 0 Å². The van der Waals surface area contributed by atoms with Gasteiger partial charge in [0.05, 0.1) is 52.4 Å². The lowest BCUT2D eigenvalue weighted by molar-refractivity contribution is -0.923. The third kappa shape index (κ3) is 17.4. The summed E-state index contributed by atoms with van der Waals surface area (Å²) in [5.74, 6) is -3.25. The maximum Gasteiger partial charge on any atom is 0.0786 e. The number of carbonyl (C=O) groups is 2. The quantitative estimate of drug-likeness (QED) is 0.320. The first-order valence-electron chi connectivity index (χ1n) is 11.7. The Kier molecular flexibility index (Phi) is 22.6. The van der Waals surface area contributed by atoms with E-state index in [1.807, 2.05) is 0 Å². The average molecular weight is 419 g/mol. The summed E-state index contributed by atoms with van der Waals surface area (Å²) >= 11 is 0. The number of carbonyl (C=O) groups excluding carboxylic acids is 2. The summed E-state index contributed by atoms with van der Waals surface area (Å²) in [6, 6.07) is 0. The van der Waals surface area contributed by atoms with Crippen molar-refractivity contribution in [1.82, 2.24) is 0 Å². The van der Waals surface area contributed by atoms with E-state index in [4.69, 9.17) is 0 Å². The summed E-state index contributed by atoms with van der Waals surface area (Å²) in [7, 11) is 0. The topological polar surface area (TPSA) is 80.3 Å². The average Bonchev–Trinajstić information content (AvgIpc) is 2.71. The Bertz CT molecular complexity index is 340.